The SMILES string of the molecule is CC(C)N(CCCc1ccccc1)CC(N)=O. The summed E-state index contributed by atoms with van der Waals surface area (Å²) in [5.74, 6) is -0.251. The van der Waals surface area contributed by atoms with Gasteiger partial charge in [0, 0.05) is 6.04 Å². The number of rotatable bonds is 7. The highest BCUT2D eigenvalue weighted by molar-refractivity contribution is 5.75. The van der Waals surface area contributed by atoms with Crippen LogP contribution in [-0.2, 0) is 11.2 Å². The van der Waals surface area contributed by atoms with E-state index < -0.39 is 0 Å². The smallest absolute Gasteiger partial charge is 0.231 e. The Morgan fingerprint density at radius 2 is 1.94 bits per heavy atom. The molecule has 0 spiro atoms. The average Bonchev–Trinajstić information content (AvgIpc) is 2.28. The molecule has 0 aliphatic carbocycles. The number of carbonyl (C=O) groups is 1. The number of primary amides is 1. The molecule has 0 radical (unpaired) electrons. The Hall–Kier alpha value is -1.35. The monoisotopic (exact) mass is 234 g/mol. The molecule has 1 rings (SSSR count). The number of hydrogen-bond donors (Lipinski definition) is 1. The largest absolute Gasteiger partial charge is 0.369 e. The number of aryl methyl sites for hydroxylation is 1. The summed E-state index contributed by atoms with van der Waals surface area (Å²) in [5.41, 5.74) is 6.58. The molecule has 1 amide bonds. The minimum atomic E-state index is -0.251. The van der Waals surface area contributed by atoms with Crippen LogP contribution in [0.3, 0.4) is 0 Å². The number of carbonyl (C=O) groups excluding carboxylic acids is 1. The van der Waals surface area contributed by atoms with Gasteiger partial charge in [0.1, 0.15) is 0 Å². The van der Waals surface area contributed by atoms with Crippen LogP contribution in [0.4, 0.5) is 0 Å². The molecule has 94 valence electrons. The first-order valence-corrected chi connectivity index (χ1v) is 6.16. The first kappa shape index (κ1) is 13.7. The highest BCUT2D eigenvalue weighted by Gasteiger charge is 2.11. The lowest BCUT2D eigenvalue weighted by Gasteiger charge is -2.24. The third kappa shape index (κ3) is 5.50. The molecule has 0 aliphatic heterocycles. The van der Waals surface area contributed by atoms with Crippen molar-refractivity contribution in [2.45, 2.75) is 32.7 Å². The van der Waals surface area contributed by atoms with Gasteiger partial charge in [0.25, 0.3) is 0 Å². The predicted molar refractivity (Wildman–Crippen MR) is 70.7 cm³/mol. The molecule has 1 aromatic carbocycles. The van der Waals surface area contributed by atoms with Crippen LogP contribution in [0.1, 0.15) is 25.8 Å². The van der Waals surface area contributed by atoms with E-state index in [0.717, 1.165) is 19.4 Å². The maximum atomic E-state index is 10.9. The third-order valence-corrected chi connectivity index (χ3v) is 2.84. The molecule has 0 heterocycles. The van der Waals surface area contributed by atoms with Crippen molar-refractivity contribution in [3.05, 3.63) is 35.9 Å². The second kappa shape index (κ2) is 7.07. The molecule has 0 atom stereocenters. The minimum Gasteiger partial charge on any atom is -0.369 e. The lowest BCUT2D eigenvalue weighted by molar-refractivity contribution is -0.119. The standard InChI is InChI=1S/C14H22N2O/c1-12(2)16(11-14(15)17)10-6-9-13-7-4-3-5-8-13/h3-5,7-8,12H,6,9-11H2,1-2H3,(H2,15,17). The van der Waals surface area contributed by atoms with Crippen LogP contribution in [0.25, 0.3) is 0 Å². The van der Waals surface area contributed by atoms with Crippen LogP contribution < -0.4 is 5.73 Å². The summed E-state index contributed by atoms with van der Waals surface area (Å²) in [6.07, 6.45) is 2.10. The summed E-state index contributed by atoms with van der Waals surface area (Å²) in [5, 5.41) is 0. The summed E-state index contributed by atoms with van der Waals surface area (Å²) in [7, 11) is 0. The van der Waals surface area contributed by atoms with E-state index in [1.807, 2.05) is 6.07 Å². The van der Waals surface area contributed by atoms with Crippen LogP contribution in [-0.4, -0.2) is 29.9 Å². The molecule has 17 heavy (non-hydrogen) atoms. The van der Waals surface area contributed by atoms with Crippen LogP contribution in [0.5, 0.6) is 0 Å². The number of nitrogens with zero attached hydrogens (tertiary/aromatic N) is 1. The van der Waals surface area contributed by atoms with E-state index in [4.69, 9.17) is 5.73 Å². The van der Waals surface area contributed by atoms with Gasteiger partial charge in [0.2, 0.25) is 5.91 Å². The van der Waals surface area contributed by atoms with Crippen molar-refractivity contribution in [2.24, 2.45) is 5.73 Å². The van der Waals surface area contributed by atoms with E-state index in [0.29, 0.717) is 12.6 Å². The Labute approximate surface area is 104 Å². The van der Waals surface area contributed by atoms with Crippen LogP contribution in [0.15, 0.2) is 30.3 Å². The first-order chi connectivity index (χ1) is 8.09. The Balaban J connectivity index is 2.35. The van der Waals surface area contributed by atoms with E-state index in [1.54, 1.807) is 0 Å². The number of benzene rings is 1. The first-order valence-electron chi connectivity index (χ1n) is 6.16. The lowest BCUT2D eigenvalue weighted by Crippen LogP contribution is -2.39. The number of nitrogens with two attached hydrogens (primary N) is 1. The minimum absolute atomic E-state index is 0.251. The molecule has 0 fully saturated rings. The quantitative estimate of drug-likeness (QED) is 0.782. The molecule has 3 heteroatoms. The predicted octanol–water partition coefficient (Wildman–Crippen LogP) is 1.81. The lowest BCUT2D eigenvalue weighted by atomic mass is 10.1. The van der Waals surface area contributed by atoms with Gasteiger partial charge in [0.05, 0.1) is 6.54 Å². The molecule has 0 bridgehead atoms. The number of amides is 1. The van der Waals surface area contributed by atoms with Crippen LogP contribution >= 0.6 is 0 Å². The van der Waals surface area contributed by atoms with Gasteiger partial charge in [-0.2, -0.15) is 0 Å². The summed E-state index contributed by atoms with van der Waals surface area (Å²) in [4.78, 5) is 13.0. The fourth-order valence-electron chi connectivity index (χ4n) is 1.85. The summed E-state index contributed by atoms with van der Waals surface area (Å²) in [6, 6.07) is 10.8. The van der Waals surface area contributed by atoms with E-state index in [2.05, 4.69) is 43.0 Å². The van der Waals surface area contributed by atoms with Gasteiger partial charge < -0.3 is 5.73 Å². The van der Waals surface area contributed by atoms with E-state index in [9.17, 15) is 4.79 Å². The molecule has 0 aromatic heterocycles. The zero-order valence-electron chi connectivity index (χ0n) is 10.7. The fraction of sp³-hybridized carbons (Fsp3) is 0.500. The van der Waals surface area contributed by atoms with Gasteiger partial charge in [-0.25, -0.2) is 0 Å². The second-order valence-corrected chi connectivity index (χ2v) is 4.62. The van der Waals surface area contributed by atoms with Crippen molar-refractivity contribution in [1.82, 2.24) is 4.90 Å². The Kier molecular flexibility index (Phi) is 5.70. The van der Waals surface area contributed by atoms with Gasteiger partial charge >= 0.3 is 0 Å². The topological polar surface area (TPSA) is 46.3 Å². The summed E-state index contributed by atoms with van der Waals surface area (Å²) < 4.78 is 0. The van der Waals surface area contributed by atoms with Crippen LogP contribution in [0.2, 0.25) is 0 Å². The van der Waals surface area contributed by atoms with Gasteiger partial charge in [-0.05, 0) is 38.8 Å². The van der Waals surface area contributed by atoms with E-state index in [1.165, 1.54) is 5.56 Å². The van der Waals surface area contributed by atoms with Crippen molar-refractivity contribution in [3.8, 4) is 0 Å². The van der Waals surface area contributed by atoms with E-state index in [-0.39, 0.29) is 5.91 Å². The molecule has 1 aromatic rings. The van der Waals surface area contributed by atoms with Crippen molar-refractivity contribution < 1.29 is 4.79 Å². The number of hydrogen-bond acceptors (Lipinski definition) is 2. The maximum Gasteiger partial charge on any atom is 0.231 e. The van der Waals surface area contributed by atoms with Gasteiger partial charge in [-0.15, -0.1) is 0 Å². The van der Waals surface area contributed by atoms with Crippen molar-refractivity contribution in [2.75, 3.05) is 13.1 Å². The third-order valence-electron chi connectivity index (χ3n) is 2.84. The molecular weight excluding hydrogens is 212 g/mol. The van der Waals surface area contributed by atoms with E-state index >= 15 is 0 Å². The van der Waals surface area contributed by atoms with Gasteiger partial charge in [0.15, 0.2) is 0 Å². The van der Waals surface area contributed by atoms with Gasteiger partial charge in [-0.3, -0.25) is 9.69 Å². The molecular formula is C14H22N2O. The zero-order valence-corrected chi connectivity index (χ0v) is 10.7. The van der Waals surface area contributed by atoms with Crippen LogP contribution in [0, 0.1) is 0 Å². The molecule has 0 saturated carbocycles. The normalized spacial score (nSPS) is 11.1. The van der Waals surface area contributed by atoms with Gasteiger partial charge in [-0.1, -0.05) is 30.3 Å². The molecule has 2 N–H and O–H groups in total. The van der Waals surface area contributed by atoms with Crippen molar-refractivity contribution >= 4 is 5.91 Å². The maximum absolute atomic E-state index is 10.9. The summed E-state index contributed by atoms with van der Waals surface area (Å²) in [6.45, 7) is 5.44. The highest BCUT2D eigenvalue weighted by atomic mass is 16.1. The van der Waals surface area contributed by atoms with Crippen molar-refractivity contribution in [3.63, 3.8) is 0 Å². The average molecular weight is 234 g/mol. The summed E-state index contributed by atoms with van der Waals surface area (Å²) >= 11 is 0. The molecule has 0 saturated heterocycles. The Morgan fingerprint density at radius 1 is 1.29 bits per heavy atom. The fourth-order valence-corrected chi connectivity index (χ4v) is 1.85. The Bertz CT molecular complexity index is 335. The van der Waals surface area contributed by atoms with Crippen molar-refractivity contribution in [1.29, 1.82) is 0 Å². The highest BCUT2D eigenvalue weighted by Crippen LogP contribution is 2.05. The zero-order chi connectivity index (χ0) is 12.7. The molecule has 0 aliphatic rings. The molecule has 3 nitrogen and oxygen atoms in total. The Morgan fingerprint density at radius 3 is 2.47 bits per heavy atom. The molecule has 0 unspecified atom stereocenters. The second-order valence-electron chi connectivity index (χ2n) is 4.62.